The molecule has 0 aliphatic heterocycles. The molecule has 0 unspecified atom stereocenters. The second-order valence-corrected chi connectivity index (χ2v) is 7.35. The van der Waals surface area contributed by atoms with Crippen LogP contribution in [-0.4, -0.2) is 29.2 Å². The highest BCUT2D eigenvalue weighted by Crippen LogP contribution is 2.11. The third-order valence-electron chi connectivity index (χ3n) is 4.77. The van der Waals surface area contributed by atoms with Gasteiger partial charge in [0.15, 0.2) is 17.0 Å². The zero-order valence-electron chi connectivity index (χ0n) is 16.5. The van der Waals surface area contributed by atoms with Crippen LogP contribution in [0, 0.1) is 0 Å². The second kappa shape index (κ2) is 8.66. The van der Waals surface area contributed by atoms with Crippen molar-refractivity contribution < 1.29 is 4.52 Å². The van der Waals surface area contributed by atoms with Crippen molar-refractivity contribution >= 4 is 22.8 Å². The summed E-state index contributed by atoms with van der Waals surface area (Å²) in [4.78, 5) is 36.8. The van der Waals surface area contributed by atoms with E-state index in [2.05, 4.69) is 20.1 Å². The first-order chi connectivity index (χ1) is 14.6. The van der Waals surface area contributed by atoms with Crippen molar-refractivity contribution in [2.45, 2.75) is 45.7 Å². The lowest BCUT2D eigenvalue weighted by Gasteiger charge is -2.09. The molecule has 30 heavy (non-hydrogen) atoms. The summed E-state index contributed by atoms with van der Waals surface area (Å²) in [6, 6.07) is 9.86. The van der Waals surface area contributed by atoms with Gasteiger partial charge >= 0.3 is 5.69 Å². The Morgan fingerprint density at radius 2 is 1.90 bits per heavy atom. The van der Waals surface area contributed by atoms with E-state index in [0.29, 0.717) is 37.5 Å². The van der Waals surface area contributed by atoms with E-state index in [1.54, 1.807) is 0 Å². The second-order valence-electron chi connectivity index (χ2n) is 6.99. The van der Waals surface area contributed by atoms with Crippen LogP contribution in [0.4, 0.5) is 0 Å². The number of halogens is 1. The number of imidazole rings is 1. The number of fused-ring (bicyclic) bond motifs is 1. The number of aromatic amines is 1. The van der Waals surface area contributed by atoms with Crippen molar-refractivity contribution in [1.82, 2.24) is 29.2 Å². The highest BCUT2D eigenvalue weighted by Gasteiger charge is 2.16. The molecule has 0 saturated heterocycles. The molecular formula is C20H21ClN6O3. The highest BCUT2D eigenvalue weighted by atomic mass is 35.5. The number of aromatic nitrogens is 6. The van der Waals surface area contributed by atoms with E-state index in [9.17, 15) is 9.59 Å². The largest absolute Gasteiger partial charge is 0.339 e. The molecule has 156 valence electrons. The van der Waals surface area contributed by atoms with E-state index in [0.717, 1.165) is 12.0 Å². The van der Waals surface area contributed by atoms with Gasteiger partial charge in [-0.3, -0.25) is 13.9 Å². The van der Waals surface area contributed by atoms with Crippen molar-refractivity contribution in [2.24, 2.45) is 0 Å². The van der Waals surface area contributed by atoms with Crippen LogP contribution in [0.5, 0.6) is 0 Å². The molecule has 0 aliphatic rings. The maximum atomic E-state index is 12.8. The Morgan fingerprint density at radius 1 is 1.10 bits per heavy atom. The van der Waals surface area contributed by atoms with Crippen molar-refractivity contribution in [2.75, 3.05) is 0 Å². The molecule has 1 N–H and O–H groups in total. The predicted octanol–water partition coefficient (Wildman–Crippen LogP) is 2.56. The number of nitrogens with one attached hydrogen (secondary N) is 1. The molecule has 4 rings (SSSR count). The van der Waals surface area contributed by atoms with Crippen molar-refractivity contribution in [1.29, 1.82) is 0 Å². The van der Waals surface area contributed by atoms with E-state index in [1.807, 2.05) is 37.3 Å². The third kappa shape index (κ3) is 4.06. The molecule has 0 fully saturated rings. The minimum Gasteiger partial charge on any atom is -0.339 e. The monoisotopic (exact) mass is 428 g/mol. The van der Waals surface area contributed by atoms with Gasteiger partial charge in [-0.1, -0.05) is 42.4 Å². The van der Waals surface area contributed by atoms with Gasteiger partial charge in [-0.2, -0.15) is 9.97 Å². The SMILES string of the molecule is CCCn1c(=O)n(CCCc2noc(Cc3ccccc3)n2)c(=O)c2[nH]c(Cl)nc21. The Bertz CT molecular complexity index is 1270. The fraction of sp³-hybridized carbons (Fsp3) is 0.350. The first-order valence-electron chi connectivity index (χ1n) is 9.81. The van der Waals surface area contributed by atoms with E-state index in [-0.39, 0.29) is 23.0 Å². The van der Waals surface area contributed by atoms with Gasteiger partial charge in [0.1, 0.15) is 0 Å². The predicted molar refractivity (Wildman–Crippen MR) is 112 cm³/mol. The van der Waals surface area contributed by atoms with E-state index in [4.69, 9.17) is 16.1 Å². The molecule has 9 nitrogen and oxygen atoms in total. The Labute approximate surface area is 176 Å². The summed E-state index contributed by atoms with van der Waals surface area (Å²) >= 11 is 5.92. The molecule has 4 aromatic rings. The zero-order chi connectivity index (χ0) is 21.1. The Hall–Kier alpha value is -3.20. The maximum Gasteiger partial charge on any atom is 0.332 e. The molecule has 0 radical (unpaired) electrons. The Kier molecular flexibility index (Phi) is 5.80. The molecular weight excluding hydrogens is 408 g/mol. The van der Waals surface area contributed by atoms with Gasteiger partial charge in [-0.25, -0.2) is 4.79 Å². The Balaban J connectivity index is 1.49. The highest BCUT2D eigenvalue weighted by molar-refractivity contribution is 6.28. The lowest BCUT2D eigenvalue weighted by atomic mass is 10.1. The Morgan fingerprint density at radius 3 is 2.67 bits per heavy atom. The van der Waals surface area contributed by atoms with Crippen LogP contribution in [0.1, 0.15) is 37.0 Å². The fourth-order valence-electron chi connectivity index (χ4n) is 3.39. The van der Waals surface area contributed by atoms with Gasteiger partial charge in [0, 0.05) is 19.5 Å². The quantitative estimate of drug-likeness (QED) is 0.432. The van der Waals surface area contributed by atoms with Gasteiger partial charge in [0.05, 0.1) is 6.42 Å². The maximum absolute atomic E-state index is 12.8. The van der Waals surface area contributed by atoms with Gasteiger partial charge in [-0.15, -0.1) is 0 Å². The normalized spacial score (nSPS) is 11.4. The summed E-state index contributed by atoms with van der Waals surface area (Å²) in [5.41, 5.74) is 0.784. The standard InChI is InChI=1S/C20H21ClN6O3/c1-2-10-26-17-16(23-19(21)24-17)18(28)27(20(26)29)11-6-9-14-22-15(30-25-14)12-13-7-4-3-5-8-13/h3-5,7-8H,2,6,9-12H2,1H3,(H,23,24). The summed E-state index contributed by atoms with van der Waals surface area (Å²) < 4.78 is 7.99. The number of benzene rings is 1. The average molecular weight is 429 g/mol. The van der Waals surface area contributed by atoms with E-state index < -0.39 is 11.2 Å². The minimum atomic E-state index is -0.431. The lowest BCUT2D eigenvalue weighted by Crippen LogP contribution is -2.40. The van der Waals surface area contributed by atoms with Crippen LogP contribution in [0.3, 0.4) is 0 Å². The van der Waals surface area contributed by atoms with Gasteiger partial charge in [0.25, 0.3) is 5.56 Å². The summed E-state index contributed by atoms with van der Waals surface area (Å²) in [7, 11) is 0. The van der Waals surface area contributed by atoms with Crippen molar-refractivity contribution in [3.8, 4) is 0 Å². The minimum absolute atomic E-state index is 0.0850. The smallest absolute Gasteiger partial charge is 0.332 e. The van der Waals surface area contributed by atoms with Crippen LogP contribution in [0.2, 0.25) is 5.28 Å². The summed E-state index contributed by atoms with van der Waals surface area (Å²) in [6.07, 6.45) is 2.29. The van der Waals surface area contributed by atoms with Crippen LogP contribution in [-0.2, 0) is 25.9 Å². The summed E-state index contributed by atoms with van der Waals surface area (Å²) in [5.74, 6) is 1.08. The van der Waals surface area contributed by atoms with E-state index in [1.165, 1.54) is 9.13 Å². The molecule has 0 saturated carbocycles. The number of aryl methyl sites for hydroxylation is 2. The van der Waals surface area contributed by atoms with Gasteiger partial charge in [-0.05, 0) is 30.0 Å². The van der Waals surface area contributed by atoms with Crippen LogP contribution >= 0.6 is 11.6 Å². The lowest BCUT2D eigenvalue weighted by molar-refractivity contribution is 0.378. The number of H-pyrrole nitrogens is 1. The number of hydrogen-bond donors (Lipinski definition) is 1. The molecule has 3 aromatic heterocycles. The number of hydrogen-bond acceptors (Lipinski definition) is 6. The summed E-state index contributed by atoms with van der Waals surface area (Å²) in [5, 5.41) is 4.08. The first-order valence-corrected chi connectivity index (χ1v) is 10.2. The average Bonchev–Trinajstić information content (AvgIpc) is 3.35. The van der Waals surface area contributed by atoms with Gasteiger partial charge in [0.2, 0.25) is 11.2 Å². The van der Waals surface area contributed by atoms with Crippen LogP contribution < -0.4 is 11.2 Å². The third-order valence-corrected chi connectivity index (χ3v) is 4.95. The molecule has 1 aromatic carbocycles. The number of nitrogens with zero attached hydrogens (tertiary/aromatic N) is 5. The zero-order valence-corrected chi connectivity index (χ0v) is 17.2. The molecule has 3 heterocycles. The molecule has 0 aliphatic carbocycles. The topological polar surface area (TPSA) is 112 Å². The fourth-order valence-corrected chi connectivity index (χ4v) is 3.56. The molecule has 0 bridgehead atoms. The van der Waals surface area contributed by atoms with Crippen LogP contribution in [0.15, 0.2) is 44.4 Å². The molecule has 0 atom stereocenters. The van der Waals surface area contributed by atoms with Gasteiger partial charge < -0.3 is 9.51 Å². The first kappa shape index (κ1) is 20.1. The summed E-state index contributed by atoms with van der Waals surface area (Å²) in [6.45, 7) is 2.63. The molecule has 10 heteroatoms. The number of rotatable bonds is 8. The molecule has 0 amide bonds. The van der Waals surface area contributed by atoms with Crippen molar-refractivity contribution in [3.63, 3.8) is 0 Å². The van der Waals surface area contributed by atoms with Crippen molar-refractivity contribution in [3.05, 3.63) is 73.7 Å². The van der Waals surface area contributed by atoms with E-state index >= 15 is 0 Å². The molecule has 0 spiro atoms. The van der Waals surface area contributed by atoms with Crippen LogP contribution in [0.25, 0.3) is 11.2 Å².